The molecule has 0 rings (SSSR count). The lowest BCUT2D eigenvalue weighted by Gasteiger charge is -2.23. The summed E-state index contributed by atoms with van der Waals surface area (Å²) in [6, 6.07) is 0. The Bertz CT molecular complexity index is 172. The molecule has 4 nitrogen and oxygen atoms in total. The number of nitrogens with two attached hydrogens (primary N) is 2. The third kappa shape index (κ3) is 10.4. The fraction of sp³-hybridized carbons (Fsp3) is 1.00. The molecule has 0 saturated heterocycles. The normalized spacial score (nSPS) is 13.1. The van der Waals surface area contributed by atoms with Crippen molar-refractivity contribution >= 4 is 0 Å². The monoisotopic (exact) mass is 230 g/mol. The molecule has 0 aliphatic carbocycles. The molecule has 0 aromatic carbocycles. The maximum atomic E-state index is 5.88. The molecule has 0 radical (unpaired) electrons. The van der Waals surface area contributed by atoms with Crippen LogP contribution in [0.15, 0.2) is 0 Å². The van der Waals surface area contributed by atoms with E-state index < -0.39 is 0 Å². The van der Waals surface area contributed by atoms with Gasteiger partial charge in [-0.05, 0) is 38.8 Å². The second-order valence-electron chi connectivity index (χ2n) is 6.03. The second kappa shape index (κ2) is 7.22. The topological polar surface area (TPSA) is 76.1 Å². The zero-order chi connectivity index (χ0) is 12.7. The van der Waals surface area contributed by atoms with Crippen molar-refractivity contribution in [3.8, 4) is 0 Å². The Morgan fingerprint density at radius 1 is 0.938 bits per heavy atom. The van der Waals surface area contributed by atoms with E-state index in [-0.39, 0.29) is 11.0 Å². The quantitative estimate of drug-likeness (QED) is 0.429. The highest BCUT2D eigenvalue weighted by molar-refractivity contribution is 4.74. The van der Waals surface area contributed by atoms with E-state index in [0.717, 1.165) is 39.1 Å². The van der Waals surface area contributed by atoms with Gasteiger partial charge in [-0.3, -0.25) is 0 Å². The number of nitrogens with one attached hydrogen (secondary N) is 2. The van der Waals surface area contributed by atoms with Gasteiger partial charge in [-0.15, -0.1) is 0 Å². The van der Waals surface area contributed by atoms with Crippen LogP contribution >= 0.6 is 0 Å². The largest absolute Gasteiger partial charge is 0.330 e. The first-order valence-electron chi connectivity index (χ1n) is 6.17. The predicted octanol–water partition coefficient (Wildman–Crippen LogP) is 0.278. The molecule has 0 amide bonds. The summed E-state index contributed by atoms with van der Waals surface area (Å²) in [6.07, 6.45) is 1.00. The molecule has 0 saturated carbocycles. The molecular weight excluding hydrogens is 200 g/mol. The van der Waals surface area contributed by atoms with E-state index in [9.17, 15) is 0 Å². The SMILES string of the molecule is CC(C)(N)CCNCCNCC(C)(C)CN. The Balaban J connectivity index is 3.29. The maximum Gasteiger partial charge on any atom is 0.0109 e. The first-order chi connectivity index (χ1) is 7.27. The maximum absolute atomic E-state index is 5.88. The fourth-order valence-electron chi connectivity index (χ4n) is 1.21. The van der Waals surface area contributed by atoms with E-state index in [1.807, 2.05) is 0 Å². The highest BCUT2D eigenvalue weighted by Crippen LogP contribution is 2.09. The van der Waals surface area contributed by atoms with Crippen LogP contribution in [0.25, 0.3) is 0 Å². The van der Waals surface area contributed by atoms with E-state index in [4.69, 9.17) is 11.5 Å². The summed E-state index contributed by atoms with van der Waals surface area (Å²) >= 11 is 0. The summed E-state index contributed by atoms with van der Waals surface area (Å²) in [6.45, 7) is 13.1. The van der Waals surface area contributed by atoms with Gasteiger partial charge in [0.15, 0.2) is 0 Å². The average Bonchev–Trinajstić information content (AvgIpc) is 2.14. The van der Waals surface area contributed by atoms with Gasteiger partial charge in [0.1, 0.15) is 0 Å². The molecule has 0 fully saturated rings. The summed E-state index contributed by atoms with van der Waals surface area (Å²) in [5, 5.41) is 6.77. The third-order valence-electron chi connectivity index (χ3n) is 2.58. The lowest BCUT2D eigenvalue weighted by molar-refractivity contribution is 0.351. The predicted molar refractivity (Wildman–Crippen MR) is 71.5 cm³/mol. The minimum Gasteiger partial charge on any atom is -0.330 e. The first kappa shape index (κ1) is 15.8. The molecule has 16 heavy (non-hydrogen) atoms. The highest BCUT2D eigenvalue weighted by atomic mass is 14.9. The average molecular weight is 230 g/mol. The van der Waals surface area contributed by atoms with Crippen LogP contribution in [-0.2, 0) is 0 Å². The van der Waals surface area contributed by atoms with Crippen molar-refractivity contribution in [3.63, 3.8) is 0 Å². The van der Waals surface area contributed by atoms with Crippen LogP contribution in [0.4, 0.5) is 0 Å². The molecule has 0 atom stereocenters. The Morgan fingerprint density at radius 2 is 1.50 bits per heavy atom. The fourth-order valence-corrected chi connectivity index (χ4v) is 1.21. The van der Waals surface area contributed by atoms with Gasteiger partial charge < -0.3 is 22.1 Å². The summed E-state index contributed by atoms with van der Waals surface area (Å²) in [5.74, 6) is 0. The van der Waals surface area contributed by atoms with Crippen molar-refractivity contribution in [2.24, 2.45) is 16.9 Å². The zero-order valence-electron chi connectivity index (χ0n) is 11.4. The summed E-state index contributed by atoms with van der Waals surface area (Å²) in [4.78, 5) is 0. The number of rotatable bonds is 9. The summed E-state index contributed by atoms with van der Waals surface area (Å²) < 4.78 is 0. The van der Waals surface area contributed by atoms with E-state index in [0.29, 0.717) is 0 Å². The standard InChI is InChI=1S/C12H30N4/c1-11(2,9-13)10-16-8-7-15-6-5-12(3,4)14/h15-16H,5-10,13-14H2,1-4H3. The minimum absolute atomic E-state index is 0.0675. The lowest BCUT2D eigenvalue weighted by atomic mass is 9.94. The van der Waals surface area contributed by atoms with Gasteiger partial charge in [-0.2, -0.15) is 0 Å². The van der Waals surface area contributed by atoms with E-state index in [1.54, 1.807) is 0 Å². The molecule has 0 aliphatic heterocycles. The first-order valence-corrected chi connectivity index (χ1v) is 6.17. The van der Waals surface area contributed by atoms with Crippen LogP contribution in [0.3, 0.4) is 0 Å². The van der Waals surface area contributed by atoms with E-state index in [1.165, 1.54) is 0 Å². The van der Waals surface area contributed by atoms with Gasteiger partial charge in [-0.1, -0.05) is 13.8 Å². The molecule has 4 heteroatoms. The highest BCUT2D eigenvalue weighted by Gasteiger charge is 2.14. The number of hydrogen-bond acceptors (Lipinski definition) is 4. The molecule has 0 heterocycles. The van der Waals surface area contributed by atoms with Crippen molar-refractivity contribution in [2.45, 2.75) is 39.7 Å². The Morgan fingerprint density at radius 3 is 2.00 bits per heavy atom. The van der Waals surface area contributed by atoms with Crippen LogP contribution in [-0.4, -0.2) is 38.3 Å². The van der Waals surface area contributed by atoms with Crippen LogP contribution in [0.5, 0.6) is 0 Å². The van der Waals surface area contributed by atoms with Gasteiger partial charge in [-0.25, -0.2) is 0 Å². The van der Waals surface area contributed by atoms with Gasteiger partial charge >= 0.3 is 0 Å². The van der Waals surface area contributed by atoms with Crippen molar-refractivity contribution < 1.29 is 0 Å². The lowest BCUT2D eigenvalue weighted by Crippen LogP contribution is -2.40. The minimum atomic E-state index is -0.0675. The zero-order valence-corrected chi connectivity index (χ0v) is 11.4. The molecule has 0 bridgehead atoms. The molecule has 0 aliphatic rings. The molecule has 0 aromatic rings. The number of hydrogen-bond donors (Lipinski definition) is 4. The van der Waals surface area contributed by atoms with Gasteiger partial charge in [0.05, 0.1) is 0 Å². The second-order valence-corrected chi connectivity index (χ2v) is 6.03. The third-order valence-corrected chi connectivity index (χ3v) is 2.58. The van der Waals surface area contributed by atoms with E-state index in [2.05, 4.69) is 38.3 Å². The van der Waals surface area contributed by atoms with E-state index >= 15 is 0 Å². The van der Waals surface area contributed by atoms with Crippen molar-refractivity contribution in [1.29, 1.82) is 0 Å². The molecule has 6 N–H and O–H groups in total. The van der Waals surface area contributed by atoms with Gasteiger partial charge in [0, 0.05) is 25.2 Å². The summed E-state index contributed by atoms with van der Waals surface area (Å²) in [5.41, 5.74) is 11.7. The summed E-state index contributed by atoms with van der Waals surface area (Å²) in [7, 11) is 0. The Kier molecular flexibility index (Phi) is 7.15. The Labute approximate surface area is 101 Å². The van der Waals surface area contributed by atoms with Crippen LogP contribution in [0.2, 0.25) is 0 Å². The molecule has 0 spiro atoms. The Hall–Kier alpha value is -0.160. The molecule has 0 aromatic heterocycles. The van der Waals surface area contributed by atoms with Crippen molar-refractivity contribution in [1.82, 2.24) is 10.6 Å². The van der Waals surface area contributed by atoms with Crippen LogP contribution < -0.4 is 22.1 Å². The van der Waals surface area contributed by atoms with Crippen LogP contribution in [0.1, 0.15) is 34.1 Å². The van der Waals surface area contributed by atoms with Crippen molar-refractivity contribution in [2.75, 3.05) is 32.7 Å². The smallest absolute Gasteiger partial charge is 0.0109 e. The van der Waals surface area contributed by atoms with Gasteiger partial charge in [0.2, 0.25) is 0 Å². The molecule has 0 unspecified atom stereocenters. The van der Waals surface area contributed by atoms with Crippen LogP contribution in [0, 0.1) is 5.41 Å². The molecule has 98 valence electrons. The molecular formula is C12H30N4. The van der Waals surface area contributed by atoms with Gasteiger partial charge in [0.25, 0.3) is 0 Å². The van der Waals surface area contributed by atoms with Crippen molar-refractivity contribution in [3.05, 3.63) is 0 Å².